The van der Waals surface area contributed by atoms with Crippen LogP contribution in [0.3, 0.4) is 0 Å². The summed E-state index contributed by atoms with van der Waals surface area (Å²) >= 11 is 0. The van der Waals surface area contributed by atoms with Crippen LogP contribution in [0.1, 0.15) is 59.3 Å². The highest BCUT2D eigenvalue weighted by Gasteiger charge is 2.55. The van der Waals surface area contributed by atoms with Crippen LogP contribution in [0.4, 0.5) is 4.53 Å². The van der Waals surface area contributed by atoms with Crippen LogP contribution in [0.25, 0.3) is 0 Å². The summed E-state index contributed by atoms with van der Waals surface area (Å²) in [4.78, 5) is 16.1. The van der Waals surface area contributed by atoms with Gasteiger partial charge in [0.05, 0.1) is 6.10 Å². The molecule has 0 aromatic heterocycles. The van der Waals surface area contributed by atoms with Gasteiger partial charge < -0.3 is 0 Å². The van der Waals surface area contributed by atoms with Gasteiger partial charge in [0.1, 0.15) is 0 Å². The van der Waals surface area contributed by atoms with Crippen molar-refractivity contribution in [3.05, 3.63) is 11.1 Å². The fourth-order valence-electron chi connectivity index (χ4n) is 5.48. The van der Waals surface area contributed by atoms with Gasteiger partial charge in [-0.1, -0.05) is 12.5 Å². The Morgan fingerprint density at radius 1 is 1.30 bits per heavy atom. The predicted octanol–water partition coefficient (Wildman–Crippen LogP) is 4.40. The van der Waals surface area contributed by atoms with Crippen molar-refractivity contribution < 1.29 is 14.3 Å². The van der Waals surface area contributed by atoms with Crippen LogP contribution < -0.4 is 0 Å². The van der Waals surface area contributed by atoms with Crippen molar-refractivity contribution >= 4 is 5.78 Å². The smallest absolute Gasteiger partial charge is 0.158 e. The van der Waals surface area contributed by atoms with E-state index in [-0.39, 0.29) is 11.5 Å². The largest absolute Gasteiger partial charge is 0.295 e. The lowest BCUT2D eigenvalue weighted by Crippen LogP contribution is -2.43. The van der Waals surface area contributed by atoms with E-state index in [9.17, 15) is 9.32 Å². The molecule has 2 fully saturated rings. The number of rotatable bonds is 2. The number of hydrogen-bond donors (Lipinski definition) is 0. The average Bonchev–Trinajstić information content (AvgIpc) is 2.79. The molecular weight excluding hydrogens is 255 g/mol. The van der Waals surface area contributed by atoms with Gasteiger partial charge in [0.2, 0.25) is 0 Å². The van der Waals surface area contributed by atoms with E-state index >= 15 is 0 Å². The Labute approximate surface area is 120 Å². The minimum absolute atomic E-state index is 0.181. The predicted molar refractivity (Wildman–Crippen MR) is 75.6 cm³/mol. The molecule has 0 radical (unpaired) electrons. The maximum atomic E-state index is 12.7. The van der Waals surface area contributed by atoms with Crippen molar-refractivity contribution in [2.45, 2.75) is 65.4 Å². The molecule has 2 nitrogen and oxygen atoms in total. The molecule has 0 saturated heterocycles. The van der Waals surface area contributed by atoms with Gasteiger partial charge >= 0.3 is 0 Å². The summed E-state index contributed by atoms with van der Waals surface area (Å²) in [6, 6.07) is 0. The lowest BCUT2D eigenvalue weighted by Gasteiger charge is -2.48. The molecule has 3 rings (SSSR count). The molecule has 4 unspecified atom stereocenters. The third-order valence-electron chi connectivity index (χ3n) is 6.64. The second-order valence-electron chi connectivity index (χ2n) is 7.31. The fraction of sp³-hybridized carbons (Fsp3) is 0.824. The summed E-state index contributed by atoms with van der Waals surface area (Å²) in [5.41, 5.74) is 2.63. The molecule has 0 aromatic carbocycles. The van der Waals surface area contributed by atoms with E-state index in [4.69, 9.17) is 0 Å². The zero-order valence-electron chi connectivity index (χ0n) is 12.7. The normalized spacial score (nSPS) is 42.4. The lowest BCUT2D eigenvalue weighted by molar-refractivity contribution is -0.202. The van der Waals surface area contributed by atoms with E-state index in [1.54, 1.807) is 0 Å². The van der Waals surface area contributed by atoms with Gasteiger partial charge in [0.15, 0.2) is 5.78 Å². The molecule has 0 spiro atoms. The first kappa shape index (κ1) is 14.2. The van der Waals surface area contributed by atoms with Crippen LogP contribution in [0.15, 0.2) is 11.1 Å². The van der Waals surface area contributed by atoms with Crippen LogP contribution >= 0.6 is 0 Å². The molecule has 0 aromatic rings. The van der Waals surface area contributed by atoms with Crippen LogP contribution in [0.5, 0.6) is 0 Å². The van der Waals surface area contributed by atoms with E-state index in [0.29, 0.717) is 30.0 Å². The second kappa shape index (κ2) is 4.94. The highest BCUT2D eigenvalue weighted by Crippen LogP contribution is 2.61. The van der Waals surface area contributed by atoms with Gasteiger partial charge in [-0.2, -0.15) is 4.94 Å². The molecule has 3 aliphatic carbocycles. The molecule has 3 aliphatic rings. The Morgan fingerprint density at radius 2 is 2.05 bits per heavy atom. The molecule has 0 amide bonds. The van der Waals surface area contributed by atoms with E-state index < -0.39 is 0 Å². The third kappa shape index (κ3) is 1.89. The SMILES string of the molecule is CC1=C2CCC3(C)C(CCC3[C@H](C)OF)C2CCC1=O. The van der Waals surface area contributed by atoms with E-state index in [2.05, 4.69) is 11.9 Å². The number of fused-ring (bicyclic) bond motifs is 3. The van der Waals surface area contributed by atoms with Crippen molar-refractivity contribution in [1.29, 1.82) is 0 Å². The van der Waals surface area contributed by atoms with Crippen molar-refractivity contribution in [1.82, 2.24) is 0 Å². The lowest BCUT2D eigenvalue weighted by atomic mass is 9.56. The second-order valence-corrected chi connectivity index (χ2v) is 7.31. The van der Waals surface area contributed by atoms with Gasteiger partial charge in [0.25, 0.3) is 0 Å². The quantitative estimate of drug-likeness (QED) is 0.749. The molecule has 0 aliphatic heterocycles. The van der Waals surface area contributed by atoms with Crippen LogP contribution in [-0.2, 0) is 9.74 Å². The first-order valence-electron chi connectivity index (χ1n) is 7.99. The number of carbonyl (C=O) groups excluding carboxylic acids is 1. The number of halogens is 1. The average molecular weight is 280 g/mol. The number of carbonyl (C=O) groups is 1. The zero-order valence-corrected chi connectivity index (χ0v) is 12.7. The number of allylic oxidation sites excluding steroid dienone is 2. The number of Topliss-reactive ketones (excluding diaryl/α,β-unsaturated/α-hetero) is 1. The monoisotopic (exact) mass is 280 g/mol. The number of ketones is 1. The van der Waals surface area contributed by atoms with Crippen molar-refractivity contribution in [3.8, 4) is 0 Å². The van der Waals surface area contributed by atoms with Gasteiger partial charge in [-0.05, 0) is 79.2 Å². The Hall–Kier alpha value is -0.700. The van der Waals surface area contributed by atoms with Crippen LogP contribution in [-0.4, -0.2) is 11.9 Å². The van der Waals surface area contributed by atoms with Crippen molar-refractivity contribution in [3.63, 3.8) is 0 Å². The number of hydrogen-bond acceptors (Lipinski definition) is 2. The summed E-state index contributed by atoms with van der Waals surface area (Å²) in [6.07, 6.45) is 5.71. The maximum absolute atomic E-state index is 12.7. The topological polar surface area (TPSA) is 26.3 Å². The highest BCUT2D eigenvalue weighted by atomic mass is 19.3. The van der Waals surface area contributed by atoms with Crippen molar-refractivity contribution in [2.24, 2.45) is 23.2 Å². The molecule has 0 N–H and O–H groups in total. The summed E-state index contributed by atoms with van der Waals surface area (Å²) in [7, 11) is 0. The molecule has 112 valence electrons. The summed E-state index contributed by atoms with van der Waals surface area (Å²) in [6.45, 7) is 6.19. The van der Waals surface area contributed by atoms with Crippen LogP contribution in [0, 0.1) is 23.2 Å². The van der Waals surface area contributed by atoms with Gasteiger partial charge in [0, 0.05) is 6.42 Å². The third-order valence-corrected chi connectivity index (χ3v) is 6.64. The molecule has 3 heteroatoms. The zero-order chi connectivity index (χ0) is 14.5. The summed E-state index contributed by atoms with van der Waals surface area (Å²) < 4.78 is 12.7. The standard InChI is InChI=1S/C17H25FO2/c1-10-12-8-9-17(3)14(11(2)20-18)5-6-15(17)13(12)4-7-16(10)19/h11,13-15H,4-9H2,1-3H3/t11-,13?,14?,15?,17?/m0/s1. The van der Waals surface area contributed by atoms with E-state index in [0.717, 1.165) is 37.7 Å². The molecule has 2 saturated carbocycles. The van der Waals surface area contributed by atoms with Gasteiger partial charge in [-0.25, -0.2) is 0 Å². The van der Waals surface area contributed by atoms with Crippen molar-refractivity contribution in [2.75, 3.05) is 0 Å². The maximum Gasteiger partial charge on any atom is 0.158 e. The first-order valence-corrected chi connectivity index (χ1v) is 7.99. The Bertz CT molecular complexity index is 456. The summed E-state index contributed by atoms with van der Waals surface area (Å²) in [5, 5.41) is 0. The molecule has 5 atom stereocenters. The van der Waals surface area contributed by atoms with Gasteiger partial charge in [-0.15, -0.1) is 0 Å². The van der Waals surface area contributed by atoms with E-state index in [1.807, 2.05) is 13.8 Å². The Morgan fingerprint density at radius 3 is 2.75 bits per heavy atom. The van der Waals surface area contributed by atoms with Crippen LogP contribution in [0.2, 0.25) is 0 Å². The minimum atomic E-state index is -0.304. The Balaban J connectivity index is 1.92. The first-order chi connectivity index (χ1) is 9.49. The molecule has 0 heterocycles. The fourth-order valence-corrected chi connectivity index (χ4v) is 5.48. The molecule has 0 bridgehead atoms. The van der Waals surface area contributed by atoms with E-state index in [1.165, 1.54) is 5.57 Å². The summed E-state index contributed by atoms with van der Waals surface area (Å²) in [5.74, 6) is 1.83. The molecule has 20 heavy (non-hydrogen) atoms. The molecular formula is C17H25FO2. The van der Waals surface area contributed by atoms with Gasteiger partial charge in [-0.3, -0.25) is 4.79 Å². The highest BCUT2D eigenvalue weighted by molar-refractivity contribution is 5.96. The Kier molecular flexibility index (Phi) is 3.52. The minimum Gasteiger partial charge on any atom is -0.295 e.